The minimum absolute atomic E-state index is 0.258. The largest absolute Gasteiger partial charge is 0.445 e. The van der Waals surface area contributed by atoms with E-state index in [1.54, 1.807) is 0 Å². The monoisotopic (exact) mass is 379 g/mol. The molecule has 0 spiro atoms. The summed E-state index contributed by atoms with van der Waals surface area (Å²) in [6.07, 6.45) is -0.110. The van der Waals surface area contributed by atoms with Crippen molar-refractivity contribution >= 4 is 12.2 Å². The number of amides is 2. The standard InChI is InChI=1S/C20H33N3O4/c1-19(2,3)27-18(25)22-15-20(4,5)23-13-9-12-21-17(24)26-14-16-10-7-6-8-11-16/h6-8,10-11,23H,9,12-15H2,1-5H3,(H,21,24)(H,22,25). The van der Waals surface area contributed by atoms with Crippen LogP contribution in [0.4, 0.5) is 9.59 Å². The molecule has 7 nitrogen and oxygen atoms in total. The first-order valence-corrected chi connectivity index (χ1v) is 9.24. The molecule has 27 heavy (non-hydrogen) atoms. The molecule has 1 rings (SSSR count). The minimum atomic E-state index is -0.511. The molecule has 0 aliphatic rings. The Kier molecular flexibility index (Phi) is 9.08. The lowest BCUT2D eigenvalue weighted by Crippen LogP contribution is -2.50. The van der Waals surface area contributed by atoms with Crippen molar-refractivity contribution in [1.82, 2.24) is 16.0 Å². The summed E-state index contributed by atoms with van der Waals surface area (Å²) in [6, 6.07) is 9.54. The van der Waals surface area contributed by atoms with E-state index in [2.05, 4.69) is 16.0 Å². The van der Waals surface area contributed by atoms with Crippen molar-refractivity contribution in [3.63, 3.8) is 0 Å². The Labute approximate surface area is 162 Å². The molecular formula is C20H33N3O4. The van der Waals surface area contributed by atoms with E-state index < -0.39 is 17.8 Å². The van der Waals surface area contributed by atoms with E-state index in [0.717, 1.165) is 12.0 Å². The summed E-state index contributed by atoms with van der Waals surface area (Å²) >= 11 is 0. The number of rotatable bonds is 9. The van der Waals surface area contributed by atoms with E-state index in [9.17, 15) is 9.59 Å². The number of hydrogen-bond acceptors (Lipinski definition) is 5. The summed E-state index contributed by atoms with van der Waals surface area (Å²) in [5, 5.41) is 8.83. The van der Waals surface area contributed by atoms with Gasteiger partial charge in [-0.2, -0.15) is 0 Å². The van der Waals surface area contributed by atoms with Gasteiger partial charge in [0.1, 0.15) is 12.2 Å². The zero-order valence-electron chi connectivity index (χ0n) is 17.1. The molecule has 0 atom stereocenters. The first-order valence-electron chi connectivity index (χ1n) is 9.24. The second-order valence-electron chi connectivity index (χ2n) is 8.01. The van der Waals surface area contributed by atoms with E-state index in [1.165, 1.54) is 0 Å². The highest BCUT2D eigenvalue weighted by Crippen LogP contribution is 2.07. The van der Waals surface area contributed by atoms with Gasteiger partial charge >= 0.3 is 12.2 Å². The van der Waals surface area contributed by atoms with E-state index in [-0.39, 0.29) is 12.1 Å². The van der Waals surface area contributed by atoms with Gasteiger partial charge in [-0.05, 0) is 53.1 Å². The van der Waals surface area contributed by atoms with Crippen molar-refractivity contribution in [2.24, 2.45) is 0 Å². The Bertz CT molecular complexity index is 583. The molecule has 0 heterocycles. The third-order valence-electron chi connectivity index (χ3n) is 3.51. The van der Waals surface area contributed by atoms with Gasteiger partial charge < -0.3 is 25.4 Å². The van der Waals surface area contributed by atoms with Crippen molar-refractivity contribution in [3.8, 4) is 0 Å². The highest BCUT2D eigenvalue weighted by atomic mass is 16.6. The van der Waals surface area contributed by atoms with Crippen LogP contribution in [0.3, 0.4) is 0 Å². The Morgan fingerprint density at radius 2 is 1.59 bits per heavy atom. The molecule has 1 aromatic rings. The summed E-state index contributed by atoms with van der Waals surface area (Å²) in [5.41, 5.74) is 0.154. The van der Waals surface area contributed by atoms with Crippen LogP contribution in [0.1, 0.15) is 46.6 Å². The second-order valence-corrected chi connectivity index (χ2v) is 8.01. The molecule has 0 aromatic heterocycles. The van der Waals surface area contributed by atoms with Crippen molar-refractivity contribution in [3.05, 3.63) is 35.9 Å². The van der Waals surface area contributed by atoms with Crippen LogP contribution >= 0.6 is 0 Å². The lowest BCUT2D eigenvalue weighted by atomic mass is 10.1. The molecule has 152 valence electrons. The fourth-order valence-corrected chi connectivity index (χ4v) is 2.15. The fourth-order valence-electron chi connectivity index (χ4n) is 2.15. The lowest BCUT2D eigenvalue weighted by Gasteiger charge is -2.28. The molecule has 0 bridgehead atoms. The SMILES string of the molecule is CC(C)(CNC(=O)OC(C)(C)C)NCCCNC(=O)OCc1ccccc1. The fraction of sp³-hybridized carbons (Fsp3) is 0.600. The molecule has 2 amide bonds. The lowest BCUT2D eigenvalue weighted by molar-refractivity contribution is 0.0513. The van der Waals surface area contributed by atoms with Crippen molar-refractivity contribution in [2.45, 2.75) is 58.8 Å². The molecule has 0 saturated heterocycles. The molecular weight excluding hydrogens is 346 g/mol. The number of benzene rings is 1. The highest BCUT2D eigenvalue weighted by molar-refractivity contribution is 5.67. The number of alkyl carbamates (subject to hydrolysis) is 2. The van der Waals surface area contributed by atoms with Gasteiger partial charge in [0.05, 0.1) is 0 Å². The smallest absolute Gasteiger partial charge is 0.407 e. The summed E-state index contributed by atoms with van der Waals surface area (Å²) in [6.45, 7) is 11.4. The van der Waals surface area contributed by atoms with Gasteiger partial charge in [0.15, 0.2) is 0 Å². The van der Waals surface area contributed by atoms with Gasteiger partial charge in [-0.15, -0.1) is 0 Å². The molecule has 0 saturated carbocycles. The summed E-state index contributed by atoms with van der Waals surface area (Å²) in [4.78, 5) is 23.4. The predicted octanol–water partition coefficient (Wildman–Crippen LogP) is 3.20. The second kappa shape index (κ2) is 10.8. The molecule has 7 heteroatoms. The van der Waals surface area contributed by atoms with E-state index in [0.29, 0.717) is 19.6 Å². The first kappa shape index (κ1) is 22.8. The van der Waals surface area contributed by atoms with Crippen LogP contribution in [0.2, 0.25) is 0 Å². The van der Waals surface area contributed by atoms with Crippen LogP contribution < -0.4 is 16.0 Å². The maximum absolute atomic E-state index is 11.7. The quantitative estimate of drug-likeness (QED) is 0.574. The first-order chi connectivity index (χ1) is 12.6. The molecule has 0 aliphatic carbocycles. The zero-order valence-corrected chi connectivity index (χ0v) is 17.1. The van der Waals surface area contributed by atoms with E-state index in [4.69, 9.17) is 9.47 Å². The average molecular weight is 380 g/mol. The predicted molar refractivity (Wildman–Crippen MR) is 106 cm³/mol. The number of nitrogens with one attached hydrogen (secondary N) is 3. The van der Waals surface area contributed by atoms with Crippen molar-refractivity contribution in [1.29, 1.82) is 0 Å². The van der Waals surface area contributed by atoms with Gasteiger partial charge in [-0.3, -0.25) is 0 Å². The molecule has 0 aliphatic heterocycles. The normalized spacial score (nSPS) is 11.6. The van der Waals surface area contributed by atoms with Crippen LogP contribution in [0.15, 0.2) is 30.3 Å². The topological polar surface area (TPSA) is 88.7 Å². The van der Waals surface area contributed by atoms with Crippen molar-refractivity contribution < 1.29 is 19.1 Å². The minimum Gasteiger partial charge on any atom is -0.445 e. The molecule has 0 radical (unpaired) electrons. The summed E-state index contributed by atoms with van der Waals surface area (Å²) < 4.78 is 10.4. The number of ether oxygens (including phenoxy) is 2. The summed E-state index contributed by atoms with van der Waals surface area (Å²) in [7, 11) is 0. The van der Waals surface area contributed by atoms with Crippen LogP contribution in [0, 0.1) is 0 Å². The molecule has 0 unspecified atom stereocenters. The third-order valence-corrected chi connectivity index (χ3v) is 3.51. The van der Waals surface area contributed by atoms with Gasteiger partial charge in [0.2, 0.25) is 0 Å². The number of carbonyl (C=O) groups is 2. The highest BCUT2D eigenvalue weighted by Gasteiger charge is 2.21. The maximum atomic E-state index is 11.7. The van der Waals surface area contributed by atoms with Gasteiger partial charge in [-0.25, -0.2) is 9.59 Å². The zero-order chi connectivity index (χ0) is 20.3. The van der Waals surface area contributed by atoms with Gasteiger partial charge in [0, 0.05) is 18.6 Å². The summed E-state index contributed by atoms with van der Waals surface area (Å²) in [5.74, 6) is 0. The Morgan fingerprint density at radius 3 is 2.22 bits per heavy atom. The van der Waals surface area contributed by atoms with Crippen LogP contribution in [-0.2, 0) is 16.1 Å². The van der Waals surface area contributed by atoms with Crippen LogP contribution in [-0.4, -0.2) is 43.0 Å². The molecule has 1 aromatic carbocycles. The van der Waals surface area contributed by atoms with Crippen LogP contribution in [0.5, 0.6) is 0 Å². The number of hydrogen-bond donors (Lipinski definition) is 3. The third kappa shape index (κ3) is 11.9. The van der Waals surface area contributed by atoms with E-state index >= 15 is 0 Å². The molecule has 0 fully saturated rings. The van der Waals surface area contributed by atoms with Gasteiger partial charge in [0.25, 0.3) is 0 Å². The number of carbonyl (C=O) groups excluding carboxylic acids is 2. The average Bonchev–Trinajstić information content (AvgIpc) is 2.57. The van der Waals surface area contributed by atoms with Gasteiger partial charge in [-0.1, -0.05) is 30.3 Å². The Balaban J connectivity index is 2.11. The maximum Gasteiger partial charge on any atom is 0.407 e. The Morgan fingerprint density at radius 1 is 0.926 bits per heavy atom. The Hall–Kier alpha value is -2.28. The van der Waals surface area contributed by atoms with E-state index in [1.807, 2.05) is 65.0 Å². The molecule has 3 N–H and O–H groups in total. The van der Waals surface area contributed by atoms with Crippen LogP contribution in [0.25, 0.3) is 0 Å². The van der Waals surface area contributed by atoms with Crippen molar-refractivity contribution in [2.75, 3.05) is 19.6 Å².